The minimum Gasteiger partial charge on any atom is -0.483 e. The number of carbonyl (C=O) groups excluding carboxylic acids is 4. The zero-order valence-corrected chi connectivity index (χ0v) is 19.5. The van der Waals surface area contributed by atoms with E-state index in [2.05, 4.69) is 10.6 Å². The minimum absolute atomic E-state index is 0.00196. The lowest BCUT2D eigenvalue weighted by Gasteiger charge is -2.23. The fourth-order valence-corrected chi connectivity index (χ4v) is 2.73. The van der Waals surface area contributed by atoms with E-state index in [1.54, 1.807) is 18.2 Å². The van der Waals surface area contributed by atoms with Gasteiger partial charge in [0, 0.05) is 12.6 Å². The molecule has 2 rings (SSSR count). The fourth-order valence-electron chi connectivity index (χ4n) is 2.73. The molecule has 0 radical (unpaired) electrons. The number of likely N-dealkylation sites (N-methyl/N-ethyl adjacent to an activating group) is 1. The Labute approximate surface area is 197 Å². The number of hydrogen-bond donors (Lipinski definition) is 2. The van der Waals surface area contributed by atoms with Crippen molar-refractivity contribution in [2.24, 2.45) is 0 Å². The molecule has 0 aromatic heterocycles. The smallest absolute Gasteiger partial charge is 0.342 e. The largest absolute Gasteiger partial charge is 0.483 e. The molecular weight excluding hydrogens is 445 g/mol. The van der Waals surface area contributed by atoms with Crippen molar-refractivity contribution in [1.29, 1.82) is 0 Å². The van der Waals surface area contributed by atoms with Gasteiger partial charge in [-0.05, 0) is 45.0 Å². The SMILES string of the molecule is CN(CC(=O)NC(C)(C)C)C(=O)COC(=O)c1ccccc1OCC(=O)Nc1ccccc1F. The highest BCUT2D eigenvalue weighted by molar-refractivity contribution is 5.95. The summed E-state index contributed by atoms with van der Waals surface area (Å²) in [5.74, 6) is -2.92. The third kappa shape index (κ3) is 8.53. The van der Waals surface area contributed by atoms with Gasteiger partial charge < -0.3 is 25.0 Å². The van der Waals surface area contributed by atoms with Crippen LogP contribution < -0.4 is 15.4 Å². The summed E-state index contributed by atoms with van der Waals surface area (Å²) in [6, 6.07) is 11.7. The molecule has 0 saturated heterocycles. The lowest BCUT2D eigenvalue weighted by molar-refractivity contribution is -0.137. The van der Waals surface area contributed by atoms with Crippen LogP contribution in [0, 0.1) is 5.82 Å². The molecule has 10 heteroatoms. The van der Waals surface area contributed by atoms with Crippen molar-refractivity contribution < 1.29 is 33.0 Å². The number of benzene rings is 2. The number of nitrogens with one attached hydrogen (secondary N) is 2. The highest BCUT2D eigenvalue weighted by atomic mass is 19.1. The van der Waals surface area contributed by atoms with E-state index in [4.69, 9.17) is 9.47 Å². The first-order valence-corrected chi connectivity index (χ1v) is 10.4. The molecule has 182 valence electrons. The molecule has 0 fully saturated rings. The van der Waals surface area contributed by atoms with Crippen LogP contribution in [-0.2, 0) is 19.1 Å². The number of carbonyl (C=O) groups is 4. The second-order valence-electron chi connectivity index (χ2n) is 8.44. The lowest BCUT2D eigenvalue weighted by Crippen LogP contribution is -2.46. The highest BCUT2D eigenvalue weighted by Gasteiger charge is 2.20. The van der Waals surface area contributed by atoms with E-state index in [1.165, 1.54) is 37.4 Å². The van der Waals surface area contributed by atoms with Crippen molar-refractivity contribution >= 4 is 29.4 Å². The normalized spacial score (nSPS) is 10.7. The lowest BCUT2D eigenvalue weighted by atomic mass is 10.1. The predicted octanol–water partition coefficient (Wildman–Crippen LogP) is 2.37. The summed E-state index contributed by atoms with van der Waals surface area (Å²) in [5, 5.41) is 5.11. The summed E-state index contributed by atoms with van der Waals surface area (Å²) in [4.78, 5) is 49.9. The maximum absolute atomic E-state index is 13.7. The summed E-state index contributed by atoms with van der Waals surface area (Å²) >= 11 is 0. The molecule has 0 saturated carbocycles. The molecule has 2 aromatic carbocycles. The van der Waals surface area contributed by atoms with Gasteiger partial charge in [-0.25, -0.2) is 9.18 Å². The summed E-state index contributed by atoms with van der Waals surface area (Å²) in [5.41, 5.74) is -0.437. The Bertz CT molecular complexity index is 1050. The van der Waals surface area contributed by atoms with E-state index in [-0.39, 0.29) is 29.5 Å². The number of anilines is 1. The zero-order valence-electron chi connectivity index (χ0n) is 19.5. The first-order valence-electron chi connectivity index (χ1n) is 10.4. The second-order valence-corrected chi connectivity index (χ2v) is 8.44. The van der Waals surface area contributed by atoms with Gasteiger partial charge in [-0.1, -0.05) is 24.3 Å². The number of rotatable bonds is 9. The van der Waals surface area contributed by atoms with Crippen LogP contribution in [0.4, 0.5) is 10.1 Å². The Morgan fingerprint density at radius 3 is 2.26 bits per heavy atom. The third-order valence-corrected chi connectivity index (χ3v) is 4.26. The Morgan fingerprint density at radius 2 is 1.59 bits per heavy atom. The average Bonchev–Trinajstić information content (AvgIpc) is 2.76. The van der Waals surface area contributed by atoms with Crippen molar-refractivity contribution in [1.82, 2.24) is 10.2 Å². The summed E-state index contributed by atoms with van der Waals surface area (Å²) in [6.45, 7) is 4.20. The monoisotopic (exact) mass is 473 g/mol. The van der Waals surface area contributed by atoms with Crippen LogP contribution in [0.25, 0.3) is 0 Å². The molecule has 0 spiro atoms. The van der Waals surface area contributed by atoms with Crippen molar-refractivity contribution in [3.63, 3.8) is 0 Å². The van der Waals surface area contributed by atoms with Crippen molar-refractivity contribution in [3.8, 4) is 5.75 Å². The van der Waals surface area contributed by atoms with Gasteiger partial charge in [-0.3, -0.25) is 14.4 Å². The molecule has 0 heterocycles. The predicted molar refractivity (Wildman–Crippen MR) is 123 cm³/mol. The minimum atomic E-state index is -0.842. The van der Waals surface area contributed by atoms with Gasteiger partial charge in [0.15, 0.2) is 13.2 Å². The molecule has 2 N–H and O–H groups in total. The molecule has 0 aliphatic rings. The molecule has 3 amide bonds. The molecule has 0 bridgehead atoms. The first-order chi connectivity index (χ1) is 16.0. The summed E-state index contributed by atoms with van der Waals surface area (Å²) in [6.07, 6.45) is 0. The van der Waals surface area contributed by atoms with Gasteiger partial charge >= 0.3 is 5.97 Å². The molecule has 0 atom stereocenters. The van der Waals surface area contributed by atoms with Crippen LogP contribution in [0.5, 0.6) is 5.75 Å². The molecule has 9 nitrogen and oxygen atoms in total. The van der Waals surface area contributed by atoms with Crippen LogP contribution in [0.1, 0.15) is 31.1 Å². The van der Waals surface area contributed by atoms with Gasteiger partial charge in [0.1, 0.15) is 17.1 Å². The number of amides is 3. The van der Waals surface area contributed by atoms with Crippen LogP contribution in [0.3, 0.4) is 0 Å². The fraction of sp³-hybridized carbons (Fsp3) is 0.333. The van der Waals surface area contributed by atoms with Crippen molar-refractivity contribution in [2.45, 2.75) is 26.3 Å². The number of ether oxygens (including phenoxy) is 2. The molecule has 2 aromatic rings. The maximum Gasteiger partial charge on any atom is 0.342 e. The molecule has 0 unspecified atom stereocenters. The topological polar surface area (TPSA) is 114 Å². The molecule has 34 heavy (non-hydrogen) atoms. The summed E-state index contributed by atoms with van der Waals surface area (Å²) in [7, 11) is 1.42. The number of nitrogens with zero attached hydrogens (tertiary/aromatic N) is 1. The molecule has 0 aliphatic heterocycles. The van der Waals surface area contributed by atoms with E-state index >= 15 is 0 Å². The molecular formula is C24H28FN3O6. The van der Waals surface area contributed by atoms with Gasteiger partial charge in [-0.2, -0.15) is 0 Å². The van der Waals surface area contributed by atoms with E-state index in [0.29, 0.717) is 0 Å². The van der Waals surface area contributed by atoms with Gasteiger partial charge in [0.25, 0.3) is 11.8 Å². The van der Waals surface area contributed by atoms with Crippen LogP contribution in [0.15, 0.2) is 48.5 Å². The number of halogens is 1. The Morgan fingerprint density at radius 1 is 0.941 bits per heavy atom. The quantitative estimate of drug-likeness (QED) is 0.541. The van der Waals surface area contributed by atoms with Gasteiger partial charge in [0.2, 0.25) is 5.91 Å². The van der Waals surface area contributed by atoms with E-state index in [0.717, 1.165) is 4.90 Å². The van der Waals surface area contributed by atoms with Crippen LogP contribution in [0.2, 0.25) is 0 Å². The maximum atomic E-state index is 13.7. The van der Waals surface area contributed by atoms with E-state index in [1.807, 2.05) is 20.8 Å². The molecule has 0 aliphatic carbocycles. The third-order valence-electron chi connectivity index (χ3n) is 4.26. The summed E-state index contributed by atoms with van der Waals surface area (Å²) < 4.78 is 24.1. The van der Waals surface area contributed by atoms with E-state index in [9.17, 15) is 23.6 Å². The van der Waals surface area contributed by atoms with Crippen LogP contribution in [-0.4, -0.2) is 60.9 Å². The zero-order chi connectivity index (χ0) is 25.3. The standard InChI is InChI=1S/C24H28FN3O6/c1-24(2,3)27-20(29)13-28(4)22(31)15-34-23(32)16-9-5-8-12-19(16)33-14-21(30)26-18-11-7-6-10-17(18)25/h5-12H,13-15H2,1-4H3,(H,26,30)(H,27,29). The number of esters is 1. The van der Waals surface area contributed by atoms with Gasteiger partial charge in [-0.15, -0.1) is 0 Å². The van der Waals surface area contributed by atoms with Crippen molar-refractivity contribution in [2.75, 3.05) is 32.1 Å². The van der Waals surface area contributed by atoms with Crippen LogP contribution >= 0.6 is 0 Å². The Kier molecular flexibility index (Phi) is 9.11. The second kappa shape index (κ2) is 11.8. The number of para-hydroxylation sites is 2. The average molecular weight is 474 g/mol. The highest BCUT2D eigenvalue weighted by Crippen LogP contribution is 2.19. The first kappa shape index (κ1) is 26.3. The van der Waals surface area contributed by atoms with Crippen molar-refractivity contribution in [3.05, 3.63) is 59.9 Å². The Hall–Kier alpha value is -3.95. The van der Waals surface area contributed by atoms with E-state index < -0.39 is 42.4 Å². The van der Waals surface area contributed by atoms with Gasteiger partial charge in [0.05, 0.1) is 12.2 Å². The Balaban J connectivity index is 1.90. The number of hydrogen-bond acceptors (Lipinski definition) is 6.